The van der Waals surface area contributed by atoms with Crippen molar-refractivity contribution in [2.24, 2.45) is 0 Å². The number of ether oxygens (including phenoxy) is 1. The van der Waals surface area contributed by atoms with Gasteiger partial charge in [0.05, 0.1) is 12.1 Å². The second-order valence-corrected chi connectivity index (χ2v) is 5.50. The van der Waals surface area contributed by atoms with E-state index in [0.29, 0.717) is 23.4 Å². The lowest BCUT2D eigenvalue weighted by atomic mass is 10.1. The van der Waals surface area contributed by atoms with Crippen LogP contribution in [0.4, 0.5) is 5.82 Å². The van der Waals surface area contributed by atoms with Crippen LogP contribution in [-0.2, 0) is 4.74 Å². The number of thiocarbonyl (C=S) groups is 1. The average Bonchev–Trinajstić information content (AvgIpc) is 2.55. The second kappa shape index (κ2) is 6.71. The van der Waals surface area contributed by atoms with Crippen LogP contribution in [0.2, 0.25) is 0 Å². The maximum atomic E-state index is 5.32. The molecule has 4 nitrogen and oxygen atoms in total. The van der Waals surface area contributed by atoms with Crippen molar-refractivity contribution in [1.82, 2.24) is 9.97 Å². The molecule has 23 heavy (non-hydrogen) atoms. The van der Waals surface area contributed by atoms with Gasteiger partial charge in [0, 0.05) is 10.9 Å². The van der Waals surface area contributed by atoms with Gasteiger partial charge in [-0.25, -0.2) is 9.97 Å². The summed E-state index contributed by atoms with van der Waals surface area (Å²) in [5.74, 6) is 1.31. The number of aryl methyl sites for hydroxylation is 1. The van der Waals surface area contributed by atoms with E-state index >= 15 is 0 Å². The minimum Gasteiger partial charge on any atom is -0.471 e. The zero-order valence-electron chi connectivity index (χ0n) is 13.0. The number of hydrogen-bond donors (Lipinski definition) is 1. The third kappa shape index (κ3) is 3.46. The SMILES string of the molecule is CCOC(=S)Nc1nc(-c2ccc(C)cc2)nc2ccccc12. The first-order chi connectivity index (χ1) is 11.2. The van der Waals surface area contributed by atoms with E-state index in [9.17, 15) is 0 Å². The van der Waals surface area contributed by atoms with Gasteiger partial charge in [0.15, 0.2) is 5.82 Å². The zero-order valence-corrected chi connectivity index (χ0v) is 13.9. The molecule has 0 radical (unpaired) electrons. The van der Waals surface area contributed by atoms with Crippen LogP contribution >= 0.6 is 12.2 Å². The van der Waals surface area contributed by atoms with E-state index in [4.69, 9.17) is 17.0 Å². The molecule has 3 rings (SSSR count). The first-order valence-electron chi connectivity index (χ1n) is 7.45. The van der Waals surface area contributed by atoms with Crippen molar-refractivity contribution >= 4 is 34.1 Å². The Morgan fingerprint density at radius 1 is 1.09 bits per heavy atom. The van der Waals surface area contributed by atoms with Crippen molar-refractivity contribution < 1.29 is 4.74 Å². The summed E-state index contributed by atoms with van der Waals surface area (Å²) in [7, 11) is 0. The van der Waals surface area contributed by atoms with E-state index in [1.807, 2.05) is 55.5 Å². The Morgan fingerprint density at radius 3 is 2.57 bits per heavy atom. The van der Waals surface area contributed by atoms with Crippen LogP contribution in [0.15, 0.2) is 48.5 Å². The summed E-state index contributed by atoms with van der Waals surface area (Å²) in [5, 5.41) is 4.28. The van der Waals surface area contributed by atoms with Crippen LogP contribution in [0.1, 0.15) is 12.5 Å². The van der Waals surface area contributed by atoms with Gasteiger partial charge in [0.2, 0.25) is 0 Å². The molecular weight excluding hydrogens is 306 g/mol. The lowest BCUT2D eigenvalue weighted by Crippen LogP contribution is -2.14. The molecule has 2 aromatic carbocycles. The maximum absolute atomic E-state index is 5.32. The number of rotatable bonds is 3. The predicted octanol–water partition coefficient (Wildman–Crippen LogP) is 4.34. The van der Waals surface area contributed by atoms with E-state index < -0.39 is 0 Å². The summed E-state index contributed by atoms with van der Waals surface area (Å²) in [6, 6.07) is 16.0. The number of hydrogen-bond acceptors (Lipinski definition) is 4. The monoisotopic (exact) mass is 323 g/mol. The molecule has 0 bridgehead atoms. The highest BCUT2D eigenvalue weighted by Gasteiger charge is 2.10. The fraction of sp³-hybridized carbons (Fsp3) is 0.167. The number of benzene rings is 2. The molecule has 0 aliphatic heterocycles. The first kappa shape index (κ1) is 15.4. The highest BCUT2D eigenvalue weighted by molar-refractivity contribution is 7.80. The molecule has 0 saturated heterocycles. The number of fused-ring (bicyclic) bond motifs is 1. The molecule has 116 valence electrons. The molecule has 1 aromatic heterocycles. The summed E-state index contributed by atoms with van der Waals surface area (Å²) in [5.41, 5.74) is 3.03. The normalized spacial score (nSPS) is 10.5. The van der Waals surface area contributed by atoms with E-state index in [1.54, 1.807) is 0 Å². The fourth-order valence-corrected chi connectivity index (χ4v) is 2.48. The molecule has 0 aliphatic carbocycles. The molecule has 0 fully saturated rings. The van der Waals surface area contributed by atoms with Gasteiger partial charge in [-0.1, -0.05) is 42.0 Å². The van der Waals surface area contributed by atoms with Gasteiger partial charge in [-0.3, -0.25) is 0 Å². The van der Waals surface area contributed by atoms with Crippen molar-refractivity contribution in [2.45, 2.75) is 13.8 Å². The largest absolute Gasteiger partial charge is 0.471 e. The molecule has 0 aliphatic rings. The Labute approximate surface area is 140 Å². The van der Waals surface area contributed by atoms with Crippen LogP contribution < -0.4 is 5.32 Å². The predicted molar refractivity (Wildman–Crippen MR) is 97.6 cm³/mol. The quantitative estimate of drug-likeness (QED) is 0.727. The topological polar surface area (TPSA) is 47.0 Å². The van der Waals surface area contributed by atoms with Crippen LogP contribution in [0.5, 0.6) is 0 Å². The first-order valence-corrected chi connectivity index (χ1v) is 7.86. The average molecular weight is 323 g/mol. The Kier molecular flexibility index (Phi) is 4.48. The molecule has 1 N–H and O–H groups in total. The lowest BCUT2D eigenvalue weighted by Gasteiger charge is -2.11. The van der Waals surface area contributed by atoms with Crippen LogP contribution in [-0.4, -0.2) is 21.7 Å². The van der Waals surface area contributed by atoms with E-state index in [0.717, 1.165) is 16.5 Å². The highest BCUT2D eigenvalue weighted by Crippen LogP contribution is 2.25. The fourth-order valence-electron chi connectivity index (χ4n) is 2.27. The van der Waals surface area contributed by atoms with Gasteiger partial charge in [0.1, 0.15) is 5.82 Å². The molecule has 5 heteroatoms. The number of aromatic nitrogens is 2. The van der Waals surface area contributed by atoms with Crippen LogP contribution in [0.25, 0.3) is 22.3 Å². The number of para-hydroxylation sites is 1. The van der Waals surface area contributed by atoms with Gasteiger partial charge in [-0.15, -0.1) is 0 Å². The summed E-state index contributed by atoms with van der Waals surface area (Å²) in [6.45, 7) is 4.46. The van der Waals surface area contributed by atoms with Crippen molar-refractivity contribution in [1.29, 1.82) is 0 Å². The van der Waals surface area contributed by atoms with E-state index in [-0.39, 0.29) is 0 Å². The molecule has 0 amide bonds. The number of nitrogens with zero attached hydrogens (tertiary/aromatic N) is 2. The van der Waals surface area contributed by atoms with Crippen LogP contribution in [0, 0.1) is 6.92 Å². The summed E-state index contributed by atoms with van der Waals surface area (Å²) >= 11 is 5.18. The van der Waals surface area contributed by atoms with E-state index in [1.165, 1.54) is 5.56 Å². The van der Waals surface area contributed by atoms with Crippen molar-refractivity contribution in [2.75, 3.05) is 11.9 Å². The standard InChI is InChI=1S/C18H17N3OS/c1-3-22-18(23)21-17-14-6-4-5-7-15(14)19-16(20-17)13-10-8-12(2)9-11-13/h4-11H,3H2,1-2H3,(H,19,20,21,23). The Hall–Kier alpha value is -2.53. The molecular formula is C18H17N3OS. The molecule has 0 spiro atoms. The molecule has 0 unspecified atom stereocenters. The Bertz CT molecular complexity index is 847. The number of anilines is 1. The summed E-state index contributed by atoms with van der Waals surface area (Å²) in [4.78, 5) is 9.29. The molecule has 0 saturated carbocycles. The highest BCUT2D eigenvalue weighted by atomic mass is 32.1. The Morgan fingerprint density at radius 2 is 1.83 bits per heavy atom. The third-order valence-corrected chi connectivity index (χ3v) is 3.63. The summed E-state index contributed by atoms with van der Waals surface area (Å²) in [6.07, 6.45) is 0. The van der Waals surface area contributed by atoms with Gasteiger partial charge in [0.25, 0.3) is 5.17 Å². The molecule has 0 atom stereocenters. The van der Waals surface area contributed by atoms with Gasteiger partial charge < -0.3 is 10.1 Å². The molecule has 1 heterocycles. The second-order valence-electron chi connectivity index (χ2n) is 5.12. The third-order valence-electron chi connectivity index (χ3n) is 3.41. The minimum atomic E-state index is 0.311. The molecule has 3 aromatic rings. The van der Waals surface area contributed by atoms with Gasteiger partial charge >= 0.3 is 0 Å². The maximum Gasteiger partial charge on any atom is 0.262 e. The van der Waals surface area contributed by atoms with Crippen molar-refractivity contribution in [3.05, 3.63) is 54.1 Å². The zero-order chi connectivity index (χ0) is 16.2. The lowest BCUT2D eigenvalue weighted by molar-refractivity contribution is 0.335. The Balaban J connectivity index is 2.09. The number of nitrogens with one attached hydrogen (secondary N) is 1. The van der Waals surface area contributed by atoms with Crippen molar-refractivity contribution in [3.8, 4) is 11.4 Å². The smallest absolute Gasteiger partial charge is 0.262 e. The van der Waals surface area contributed by atoms with Crippen LogP contribution in [0.3, 0.4) is 0 Å². The van der Waals surface area contributed by atoms with E-state index in [2.05, 4.69) is 22.2 Å². The minimum absolute atomic E-state index is 0.311. The van der Waals surface area contributed by atoms with Crippen molar-refractivity contribution in [3.63, 3.8) is 0 Å². The summed E-state index contributed by atoms with van der Waals surface area (Å²) < 4.78 is 5.32. The van der Waals surface area contributed by atoms with Gasteiger partial charge in [-0.05, 0) is 38.2 Å². The van der Waals surface area contributed by atoms with Gasteiger partial charge in [-0.2, -0.15) is 0 Å².